The highest BCUT2D eigenvalue weighted by atomic mass is 16.5. The van der Waals surface area contributed by atoms with Gasteiger partial charge in [0.15, 0.2) is 11.5 Å². The topological polar surface area (TPSA) is 79.3 Å². The predicted molar refractivity (Wildman–Crippen MR) is 125 cm³/mol. The number of aliphatic hydroxyl groups excluding tert-OH is 1. The van der Waals surface area contributed by atoms with Crippen molar-refractivity contribution < 1.29 is 24.2 Å². The molecule has 7 nitrogen and oxygen atoms in total. The zero-order chi connectivity index (χ0) is 23.7. The molecule has 1 amide bonds. The van der Waals surface area contributed by atoms with Crippen molar-refractivity contribution in [1.29, 1.82) is 0 Å². The molecule has 1 N–H and O–H groups in total. The van der Waals surface area contributed by atoms with E-state index in [2.05, 4.69) is 18.7 Å². The molecule has 0 aliphatic carbocycles. The summed E-state index contributed by atoms with van der Waals surface area (Å²) in [5, 5.41) is 10.5. The number of amides is 1. The van der Waals surface area contributed by atoms with E-state index >= 15 is 0 Å². The molecule has 1 aliphatic heterocycles. The number of rotatable bonds is 14. The number of unbranched alkanes of at least 4 members (excludes halogenated alkanes) is 2. The highest BCUT2D eigenvalue weighted by Crippen LogP contribution is 2.42. The van der Waals surface area contributed by atoms with Crippen molar-refractivity contribution >= 4 is 11.7 Å². The van der Waals surface area contributed by atoms with Crippen LogP contribution in [0, 0.1) is 0 Å². The van der Waals surface area contributed by atoms with Gasteiger partial charge in [-0.1, -0.05) is 26.7 Å². The maximum absolute atomic E-state index is 12.9. The summed E-state index contributed by atoms with van der Waals surface area (Å²) < 4.78 is 10.8. The van der Waals surface area contributed by atoms with Crippen LogP contribution in [0.5, 0.6) is 11.5 Å². The smallest absolute Gasteiger partial charge is 0.290 e. The zero-order valence-corrected chi connectivity index (χ0v) is 20.1. The van der Waals surface area contributed by atoms with Gasteiger partial charge in [0.2, 0.25) is 0 Å². The Morgan fingerprint density at radius 3 is 2.22 bits per heavy atom. The van der Waals surface area contributed by atoms with E-state index < -0.39 is 17.7 Å². The second-order valence-corrected chi connectivity index (χ2v) is 8.23. The Hall–Kier alpha value is -2.54. The lowest BCUT2D eigenvalue weighted by Crippen LogP contribution is -2.35. The number of carbonyl (C=O) groups excluding carboxylic acids is 2. The molecule has 1 aromatic rings. The first-order valence-electron chi connectivity index (χ1n) is 11.6. The number of hydrogen-bond donors (Lipinski definition) is 1. The van der Waals surface area contributed by atoms with E-state index in [9.17, 15) is 14.7 Å². The molecule has 0 saturated carbocycles. The molecule has 178 valence electrons. The van der Waals surface area contributed by atoms with Crippen LogP contribution in [0.25, 0.3) is 0 Å². The summed E-state index contributed by atoms with van der Waals surface area (Å²) >= 11 is 0. The van der Waals surface area contributed by atoms with Crippen molar-refractivity contribution in [3.8, 4) is 11.5 Å². The molecule has 0 unspecified atom stereocenters. The number of ether oxygens (including phenoxy) is 2. The number of hydrogen-bond acceptors (Lipinski definition) is 6. The average Bonchev–Trinajstić information content (AvgIpc) is 3.04. The minimum atomic E-state index is -0.680. The standard InChI is InChI=1S/C25H38N2O5/c1-6-8-13-26(14-9-7-2)15-10-16-27-23(22(18(3)28)24(29)25(27)30)20-12-11-19(31-4)17-21(20)32-5/h11-12,17,23,29H,6-10,13-16H2,1-5H3/t23-/m1/s1. The fraction of sp³-hybridized carbons (Fsp3) is 0.600. The third-order valence-electron chi connectivity index (χ3n) is 5.95. The van der Waals surface area contributed by atoms with Crippen molar-refractivity contribution in [3.63, 3.8) is 0 Å². The van der Waals surface area contributed by atoms with Crippen molar-refractivity contribution in [1.82, 2.24) is 9.80 Å². The second-order valence-electron chi connectivity index (χ2n) is 8.23. The summed E-state index contributed by atoms with van der Waals surface area (Å²) in [5.41, 5.74) is 0.775. The first kappa shape index (κ1) is 25.7. The maximum atomic E-state index is 12.9. The first-order chi connectivity index (χ1) is 15.4. The monoisotopic (exact) mass is 446 g/mol. The summed E-state index contributed by atoms with van der Waals surface area (Å²) in [6, 6.07) is 4.60. The average molecular weight is 447 g/mol. The number of ketones is 1. The number of Topliss-reactive ketones (excluding diaryl/α,β-unsaturated/α-hetero) is 1. The molecule has 1 heterocycles. The van der Waals surface area contributed by atoms with E-state index in [1.165, 1.54) is 14.0 Å². The van der Waals surface area contributed by atoms with Crippen LogP contribution >= 0.6 is 0 Å². The molecule has 0 radical (unpaired) electrons. The van der Waals surface area contributed by atoms with Gasteiger partial charge in [-0.2, -0.15) is 0 Å². The largest absolute Gasteiger partial charge is 0.503 e. The van der Waals surface area contributed by atoms with Crippen LogP contribution in [-0.2, 0) is 9.59 Å². The molecule has 1 aromatic carbocycles. The van der Waals surface area contributed by atoms with Crippen LogP contribution in [0.4, 0.5) is 0 Å². The van der Waals surface area contributed by atoms with E-state index in [0.29, 0.717) is 23.6 Å². The van der Waals surface area contributed by atoms with Crippen LogP contribution in [0.3, 0.4) is 0 Å². The normalized spacial score (nSPS) is 16.2. The Bertz CT molecular complexity index is 813. The number of carbonyl (C=O) groups is 2. The molecule has 7 heteroatoms. The lowest BCUT2D eigenvalue weighted by Gasteiger charge is -2.29. The fourth-order valence-electron chi connectivity index (χ4n) is 4.17. The Kier molecular flexibility index (Phi) is 10.0. The van der Waals surface area contributed by atoms with Crippen LogP contribution in [0.2, 0.25) is 0 Å². The van der Waals surface area contributed by atoms with Gasteiger partial charge in [0.1, 0.15) is 11.5 Å². The van der Waals surface area contributed by atoms with Gasteiger partial charge >= 0.3 is 0 Å². The fourth-order valence-corrected chi connectivity index (χ4v) is 4.17. The molecule has 0 bridgehead atoms. The van der Waals surface area contributed by atoms with E-state index in [-0.39, 0.29) is 11.4 Å². The Balaban J connectivity index is 2.27. The minimum Gasteiger partial charge on any atom is -0.503 e. The van der Waals surface area contributed by atoms with Crippen molar-refractivity contribution in [2.24, 2.45) is 0 Å². The van der Waals surface area contributed by atoms with Crippen LogP contribution < -0.4 is 9.47 Å². The quantitative estimate of drug-likeness (QED) is 0.459. The molecule has 1 aliphatic rings. The number of nitrogens with zero attached hydrogens (tertiary/aromatic N) is 2. The SMILES string of the molecule is CCCCN(CCCC)CCCN1C(=O)C(O)=C(C(C)=O)[C@H]1c1ccc(OC)cc1OC. The van der Waals surface area contributed by atoms with E-state index in [1.54, 1.807) is 30.2 Å². The third-order valence-corrected chi connectivity index (χ3v) is 5.95. The molecular formula is C25H38N2O5. The van der Waals surface area contributed by atoms with Gasteiger partial charge in [-0.25, -0.2) is 0 Å². The van der Waals surface area contributed by atoms with Gasteiger partial charge in [0.25, 0.3) is 5.91 Å². The van der Waals surface area contributed by atoms with Gasteiger partial charge in [0, 0.05) is 18.2 Å². The summed E-state index contributed by atoms with van der Waals surface area (Å²) in [7, 11) is 3.10. The summed E-state index contributed by atoms with van der Waals surface area (Å²) in [4.78, 5) is 29.4. The number of methoxy groups -OCH3 is 2. The molecule has 2 rings (SSSR count). The number of benzene rings is 1. The van der Waals surface area contributed by atoms with Gasteiger partial charge in [-0.05, 0) is 58.0 Å². The van der Waals surface area contributed by atoms with Crippen LogP contribution in [0.1, 0.15) is 64.5 Å². The van der Waals surface area contributed by atoms with Crippen LogP contribution in [0.15, 0.2) is 29.5 Å². The van der Waals surface area contributed by atoms with Crippen LogP contribution in [-0.4, -0.2) is 67.0 Å². The summed E-state index contributed by atoms with van der Waals surface area (Å²) in [6.07, 6.45) is 5.34. The van der Waals surface area contributed by atoms with Gasteiger partial charge in [0.05, 0.1) is 25.8 Å². The Morgan fingerprint density at radius 1 is 1.06 bits per heavy atom. The highest BCUT2D eigenvalue weighted by molar-refractivity contribution is 6.08. The zero-order valence-electron chi connectivity index (χ0n) is 20.1. The lowest BCUT2D eigenvalue weighted by molar-refractivity contribution is -0.129. The highest BCUT2D eigenvalue weighted by Gasteiger charge is 2.43. The Labute approximate surface area is 192 Å². The van der Waals surface area contributed by atoms with E-state index in [0.717, 1.165) is 51.7 Å². The summed E-state index contributed by atoms with van der Waals surface area (Å²) in [6.45, 7) is 9.14. The van der Waals surface area contributed by atoms with Crippen molar-refractivity contribution in [2.45, 2.75) is 58.9 Å². The van der Waals surface area contributed by atoms with Crippen molar-refractivity contribution in [3.05, 3.63) is 35.1 Å². The molecule has 1 atom stereocenters. The molecule has 0 fully saturated rings. The maximum Gasteiger partial charge on any atom is 0.290 e. The molecule has 0 aromatic heterocycles. The molecular weight excluding hydrogens is 408 g/mol. The van der Waals surface area contributed by atoms with E-state index in [1.807, 2.05) is 0 Å². The van der Waals surface area contributed by atoms with Crippen molar-refractivity contribution in [2.75, 3.05) is 40.4 Å². The third kappa shape index (κ3) is 6.03. The van der Waals surface area contributed by atoms with E-state index in [4.69, 9.17) is 9.47 Å². The van der Waals surface area contributed by atoms with Gasteiger partial charge in [-0.15, -0.1) is 0 Å². The summed E-state index contributed by atoms with van der Waals surface area (Å²) in [5.74, 6) is -0.177. The predicted octanol–water partition coefficient (Wildman–Crippen LogP) is 4.28. The lowest BCUT2D eigenvalue weighted by atomic mass is 9.95. The number of aliphatic hydroxyl groups is 1. The minimum absolute atomic E-state index is 0.118. The first-order valence-corrected chi connectivity index (χ1v) is 11.6. The van der Waals surface area contributed by atoms with Gasteiger partial charge < -0.3 is 24.4 Å². The second kappa shape index (κ2) is 12.5. The Morgan fingerprint density at radius 2 is 1.69 bits per heavy atom. The molecule has 32 heavy (non-hydrogen) atoms. The molecule has 0 spiro atoms. The van der Waals surface area contributed by atoms with Gasteiger partial charge in [-0.3, -0.25) is 9.59 Å². The molecule has 0 saturated heterocycles.